The van der Waals surface area contributed by atoms with Crippen molar-refractivity contribution in [1.29, 1.82) is 0 Å². The maximum atomic E-state index is 10.7. The van der Waals surface area contributed by atoms with Crippen LogP contribution in [0.4, 0.5) is 0 Å². The van der Waals surface area contributed by atoms with Gasteiger partial charge in [0.25, 0.3) is 0 Å². The van der Waals surface area contributed by atoms with Gasteiger partial charge in [-0.05, 0) is 27.9 Å². The largest absolute Gasteiger partial charge is 0.333 e. The van der Waals surface area contributed by atoms with Gasteiger partial charge in [0.1, 0.15) is 17.3 Å². The second-order valence-electron chi connectivity index (χ2n) is 3.77. The minimum Gasteiger partial charge on any atom is -0.333 e. The van der Waals surface area contributed by atoms with Crippen LogP contribution in [0.5, 0.6) is 0 Å². The number of carbonyl (C=O) groups is 3. The summed E-state index contributed by atoms with van der Waals surface area (Å²) in [5, 5.41) is 3.04. The number of imidazole rings is 1. The number of alkyl halides is 1. The molecular weight excluding hydrogens is 352 g/mol. The van der Waals surface area contributed by atoms with Gasteiger partial charge in [0, 0.05) is 18.1 Å². The van der Waals surface area contributed by atoms with Crippen molar-refractivity contribution in [3.05, 3.63) is 18.2 Å². The lowest BCUT2D eigenvalue weighted by Gasteiger charge is -1.92. The lowest BCUT2D eigenvalue weighted by Crippen LogP contribution is -2.14. The van der Waals surface area contributed by atoms with Crippen molar-refractivity contribution in [2.45, 2.75) is 20.8 Å². The third-order valence-corrected chi connectivity index (χ3v) is 2.42. The molecule has 7 nitrogen and oxygen atoms in total. The number of rotatable bonds is 4. The van der Waals surface area contributed by atoms with Crippen LogP contribution in [0.2, 0.25) is 0 Å². The van der Waals surface area contributed by atoms with Gasteiger partial charge in [0.2, 0.25) is 0 Å². The van der Waals surface area contributed by atoms with Crippen LogP contribution in [-0.2, 0) is 16.6 Å². The summed E-state index contributed by atoms with van der Waals surface area (Å²) in [5.74, 6) is 0.196. The maximum Gasteiger partial charge on any atom is 0.177 e. The quantitative estimate of drug-likeness (QED) is 0.594. The van der Waals surface area contributed by atoms with E-state index in [1.165, 1.54) is 37.9 Å². The molecule has 0 saturated heterocycles. The Morgan fingerprint density at radius 2 is 1.91 bits per heavy atom. The number of halogens is 1. The zero-order chi connectivity index (χ0) is 20.3. The molecule has 0 saturated carbocycles. The van der Waals surface area contributed by atoms with Gasteiger partial charge in [-0.2, -0.15) is 0 Å². The monoisotopic (exact) mass is 381 g/mol. The van der Waals surface area contributed by atoms with Crippen molar-refractivity contribution < 1.29 is 18.5 Å². The van der Waals surface area contributed by atoms with Crippen LogP contribution in [0.15, 0.2) is 12.5 Å². The number of Topliss-reactive ketones (excluding diaryl/α,β-unsaturated/α-hetero) is 3. The lowest BCUT2D eigenvalue weighted by atomic mass is 10.3. The number of aryl methyl sites for hydroxylation is 1. The molecule has 1 aromatic rings. The Morgan fingerprint density at radius 1 is 1.36 bits per heavy atom. The summed E-state index contributed by atoms with van der Waals surface area (Å²) in [7, 11) is 0.175. The van der Waals surface area contributed by atoms with E-state index in [2.05, 4.69) is 32.0 Å². The first-order chi connectivity index (χ1) is 11.7. The molecular formula is C14H27BrN4O3. The third kappa shape index (κ3) is 18.6. The summed E-state index contributed by atoms with van der Waals surface area (Å²) in [6.45, 7) is 4.81. The molecule has 0 aromatic carbocycles. The maximum absolute atomic E-state index is 10.7. The first-order valence-electron chi connectivity index (χ1n) is 8.18. The summed E-state index contributed by atoms with van der Waals surface area (Å²) in [6, 6.07) is 0. The van der Waals surface area contributed by atoms with Gasteiger partial charge in [0.05, 0.1) is 24.4 Å². The predicted octanol–water partition coefficient (Wildman–Crippen LogP) is 0.963. The van der Waals surface area contributed by atoms with E-state index in [4.69, 9.17) is 4.11 Å². The van der Waals surface area contributed by atoms with Crippen LogP contribution in [0.25, 0.3) is 0 Å². The highest BCUT2D eigenvalue weighted by Gasteiger charge is 2.00. The van der Waals surface area contributed by atoms with E-state index in [1.807, 2.05) is 0 Å². The van der Waals surface area contributed by atoms with Crippen molar-refractivity contribution in [2.24, 2.45) is 12.8 Å². The summed E-state index contributed by atoms with van der Waals surface area (Å²) >= 11 is 2.96. The first kappa shape index (κ1) is 18.7. The van der Waals surface area contributed by atoms with Crippen LogP contribution >= 0.6 is 15.9 Å². The van der Waals surface area contributed by atoms with Crippen molar-refractivity contribution in [3.63, 3.8) is 0 Å². The van der Waals surface area contributed by atoms with E-state index in [9.17, 15) is 14.4 Å². The zero-order valence-electron chi connectivity index (χ0n) is 16.3. The molecule has 128 valence electrons. The number of nitrogens with two attached hydrogens (primary N) is 1. The van der Waals surface area contributed by atoms with E-state index in [1.54, 1.807) is 0 Å². The number of aromatic nitrogens is 2. The molecule has 1 rings (SSSR count). The molecule has 0 aliphatic carbocycles. The van der Waals surface area contributed by atoms with Crippen LogP contribution in [0, 0.1) is 0 Å². The average Bonchev–Trinajstić information content (AvgIpc) is 3.03. The first-order valence-corrected chi connectivity index (χ1v) is 7.18. The minimum absolute atomic E-state index is 0. The molecule has 0 unspecified atom stereocenters. The average molecular weight is 382 g/mol. The third-order valence-electron chi connectivity index (χ3n) is 1.64. The van der Waals surface area contributed by atoms with Crippen molar-refractivity contribution in [2.75, 3.05) is 25.9 Å². The van der Waals surface area contributed by atoms with Gasteiger partial charge >= 0.3 is 0 Å². The van der Waals surface area contributed by atoms with Gasteiger partial charge < -0.3 is 15.6 Å². The summed E-state index contributed by atoms with van der Waals surface area (Å²) in [5.41, 5.74) is 5.01. The minimum atomic E-state index is -0.0512. The number of hydrogen-bond donors (Lipinski definition) is 2. The highest BCUT2D eigenvalue weighted by molar-refractivity contribution is 9.09. The van der Waals surface area contributed by atoms with Crippen molar-refractivity contribution >= 4 is 33.3 Å². The highest BCUT2D eigenvalue weighted by Crippen LogP contribution is 1.95. The van der Waals surface area contributed by atoms with Crippen LogP contribution < -0.4 is 11.1 Å². The SMILES string of the molecule is CC(=O)CBr.[2H]CN.[2H]CNCC(C)=O.[2H]Cn1cncc1C(C)=O. The zero-order valence-corrected chi connectivity index (χ0v) is 14.9. The summed E-state index contributed by atoms with van der Waals surface area (Å²) in [4.78, 5) is 34.3. The predicted molar refractivity (Wildman–Crippen MR) is 92.4 cm³/mol. The second kappa shape index (κ2) is 17.7. The molecule has 0 atom stereocenters. The Kier molecular flexibility index (Phi) is 15.0. The highest BCUT2D eigenvalue weighted by atomic mass is 79.9. The van der Waals surface area contributed by atoms with E-state index in [0.717, 1.165) is 0 Å². The van der Waals surface area contributed by atoms with Crippen LogP contribution in [0.3, 0.4) is 0 Å². The van der Waals surface area contributed by atoms with Gasteiger partial charge in [-0.25, -0.2) is 4.98 Å². The van der Waals surface area contributed by atoms with E-state index < -0.39 is 0 Å². The molecule has 0 spiro atoms. The molecule has 0 fully saturated rings. The number of ketones is 3. The summed E-state index contributed by atoms with van der Waals surface area (Å²) in [6.07, 6.45) is 2.95. The fourth-order valence-corrected chi connectivity index (χ4v) is 0.790. The number of hydrogen-bond acceptors (Lipinski definition) is 6. The molecule has 0 bridgehead atoms. The molecule has 1 aromatic heterocycles. The van der Waals surface area contributed by atoms with Gasteiger partial charge in [-0.3, -0.25) is 14.4 Å². The fourth-order valence-electron chi connectivity index (χ4n) is 0.790. The topological polar surface area (TPSA) is 107 Å². The number of nitrogens with zero attached hydrogens (tertiary/aromatic N) is 2. The molecule has 22 heavy (non-hydrogen) atoms. The van der Waals surface area contributed by atoms with Crippen molar-refractivity contribution in [3.8, 4) is 0 Å². The molecule has 8 heteroatoms. The number of carbonyl (C=O) groups excluding carboxylic acids is 3. The van der Waals surface area contributed by atoms with Gasteiger partial charge in [0.15, 0.2) is 5.78 Å². The lowest BCUT2D eigenvalue weighted by molar-refractivity contribution is -0.116. The molecule has 1 heterocycles. The second-order valence-corrected chi connectivity index (χ2v) is 4.33. The van der Waals surface area contributed by atoms with Gasteiger partial charge in [-0.15, -0.1) is 0 Å². The molecule has 0 aliphatic rings. The fraction of sp³-hybridized carbons (Fsp3) is 0.571. The summed E-state index contributed by atoms with van der Waals surface area (Å²) < 4.78 is 21.0. The molecule has 3 N–H and O–H groups in total. The normalized spacial score (nSPS) is 9.95. The Bertz CT molecular complexity index is 488. The van der Waals surface area contributed by atoms with Gasteiger partial charge in [-0.1, -0.05) is 15.9 Å². The molecule has 0 radical (unpaired) electrons. The van der Waals surface area contributed by atoms with Crippen LogP contribution in [0.1, 0.15) is 35.4 Å². The van der Waals surface area contributed by atoms with E-state index in [-0.39, 0.29) is 38.4 Å². The Balaban J connectivity index is -0.000000284. The molecule has 0 amide bonds. The Labute approximate surface area is 145 Å². The number of nitrogens with one attached hydrogen (secondary N) is 1. The smallest absolute Gasteiger partial charge is 0.177 e. The van der Waals surface area contributed by atoms with E-state index in [0.29, 0.717) is 17.6 Å². The Morgan fingerprint density at radius 3 is 2.14 bits per heavy atom. The number of likely N-dealkylation sites (N-methyl/N-ethyl adjacent to an activating group) is 1. The van der Waals surface area contributed by atoms with E-state index >= 15 is 0 Å². The van der Waals surface area contributed by atoms with Crippen molar-refractivity contribution in [1.82, 2.24) is 14.9 Å². The molecule has 0 aliphatic heterocycles. The van der Waals surface area contributed by atoms with Crippen LogP contribution in [-0.4, -0.2) is 52.8 Å². The Hall–Kier alpha value is -1.38. The standard InChI is InChI=1S/C6H8N2O.C4H9NO.C3H5BrO.CH5N/c1-5(9)6-3-7-4-8(6)2;1-4(6)3-5-2;1-3(5)2-4;1-2/h3-4H,1-2H3;5H,3H2,1-2H3;2H2,1H3;2H2,1H3/i2*2D;;1D.